The van der Waals surface area contributed by atoms with Gasteiger partial charge in [0.25, 0.3) is 0 Å². The number of guanidine groups is 1. The van der Waals surface area contributed by atoms with Crippen LogP contribution < -0.4 is 10.0 Å². The van der Waals surface area contributed by atoms with Crippen molar-refractivity contribution < 1.29 is 13.2 Å². The quantitative estimate of drug-likeness (QED) is 0.366. The molecule has 0 unspecified atom stereocenters. The second-order valence-corrected chi connectivity index (χ2v) is 10.0. The van der Waals surface area contributed by atoms with Gasteiger partial charge in [0.1, 0.15) is 4.21 Å². The Morgan fingerprint density at radius 3 is 2.74 bits per heavy atom. The SMILES string of the molecule is CCNC(=NCCNS(=O)(=O)c1ccc(C)s1)N(C)CCC1CCOCC1. The molecule has 0 radical (unpaired) electrons. The predicted octanol–water partition coefficient (Wildman–Crippen LogP) is 2.05. The van der Waals surface area contributed by atoms with E-state index in [1.54, 1.807) is 6.07 Å². The maximum absolute atomic E-state index is 12.2. The van der Waals surface area contributed by atoms with E-state index in [1.165, 1.54) is 11.3 Å². The second kappa shape index (κ2) is 11.0. The molecule has 1 saturated heterocycles. The van der Waals surface area contributed by atoms with Gasteiger partial charge >= 0.3 is 0 Å². The van der Waals surface area contributed by atoms with Crippen molar-refractivity contribution in [1.82, 2.24) is 14.9 Å². The van der Waals surface area contributed by atoms with Gasteiger partial charge in [-0.15, -0.1) is 11.3 Å². The number of aliphatic imine (C=N–C) groups is 1. The second-order valence-electron chi connectivity index (χ2n) is 6.76. The highest BCUT2D eigenvalue weighted by molar-refractivity contribution is 7.91. The number of nitrogens with one attached hydrogen (secondary N) is 2. The Morgan fingerprint density at radius 1 is 1.37 bits per heavy atom. The van der Waals surface area contributed by atoms with Crippen molar-refractivity contribution in [2.45, 2.75) is 37.3 Å². The molecule has 0 aliphatic carbocycles. The van der Waals surface area contributed by atoms with Crippen LogP contribution in [-0.2, 0) is 14.8 Å². The zero-order chi connectivity index (χ0) is 19.7. The molecule has 1 fully saturated rings. The lowest BCUT2D eigenvalue weighted by molar-refractivity contribution is 0.0625. The fourth-order valence-electron chi connectivity index (χ4n) is 2.96. The molecule has 1 aliphatic rings. The summed E-state index contributed by atoms with van der Waals surface area (Å²) in [4.78, 5) is 7.66. The molecule has 2 heterocycles. The smallest absolute Gasteiger partial charge is 0.250 e. The molecule has 27 heavy (non-hydrogen) atoms. The highest BCUT2D eigenvalue weighted by Gasteiger charge is 2.16. The number of aryl methyl sites for hydroxylation is 1. The largest absolute Gasteiger partial charge is 0.381 e. The predicted molar refractivity (Wildman–Crippen MR) is 111 cm³/mol. The van der Waals surface area contributed by atoms with Gasteiger partial charge in [0.2, 0.25) is 10.0 Å². The van der Waals surface area contributed by atoms with E-state index in [0.717, 1.165) is 56.4 Å². The van der Waals surface area contributed by atoms with Crippen LogP contribution in [0.3, 0.4) is 0 Å². The molecule has 2 N–H and O–H groups in total. The molecule has 0 atom stereocenters. The van der Waals surface area contributed by atoms with E-state index in [0.29, 0.717) is 16.7 Å². The molecular weight excluding hydrogens is 384 g/mol. The van der Waals surface area contributed by atoms with Crippen LogP contribution in [0.5, 0.6) is 0 Å². The number of rotatable bonds is 9. The summed E-state index contributed by atoms with van der Waals surface area (Å²) in [6.07, 6.45) is 3.38. The standard InChI is InChI=1S/C18H32N4O3S2/c1-4-19-18(22(3)12-7-16-8-13-25-14-9-16)20-10-11-21-27(23,24)17-6-5-15(2)26-17/h5-6,16,21H,4,7-14H2,1-3H3,(H,19,20). The van der Waals surface area contributed by atoms with E-state index in [1.807, 2.05) is 27.0 Å². The molecule has 154 valence electrons. The summed E-state index contributed by atoms with van der Waals surface area (Å²) in [5.74, 6) is 1.53. The van der Waals surface area contributed by atoms with E-state index in [-0.39, 0.29) is 6.54 Å². The zero-order valence-electron chi connectivity index (χ0n) is 16.5. The molecule has 1 aromatic heterocycles. The summed E-state index contributed by atoms with van der Waals surface area (Å²) in [6, 6.07) is 3.45. The minimum atomic E-state index is -3.44. The average Bonchev–Trinajstić information content (AvgIpc) is 3.10. The lowest BCUT2D eigenvalue weighted by Crippen LogP contribution is -2.40. The molecule has 0 bridgehead atoms. The normalized spacial score (nSPS) is 16.5. The molecule has 1 aromatic rings. The molecule has 7 nitrogen and oxygen atoms in total. The summed E-state index contributed by atoms with van der Waals surface area (Å²) in [6.45, 7) is 8.04. The first-order valence-electron chi connectivity index (χ1n) is 9.55. The third-order valence-corrected chi connectivity index (χ3v) is 7.51. The van der Waals surface area contributed by atoms with Crippen LogP contribution in [0.4, 0.5) is 0 Å². The first kappa shape index (κ1) is 22.1. The summed E-state index contributed by atoms with van der Waals surface area (Å²) in [5, 5.41) is 3.28. The zero-order valence-corrected chi connectivity index (χ0v) is 18.2. The van der Waals surface area contributed by atoms with Crippen molar-refractivity contribution >= 4 is 27.3 Å². The van der Waals surface area contributed by atoms with Gasteiger partial charge < -0.3 is 15.0 Å². The van der Waals surface area contributed by atoms with Gasteiger partial charge in [-0.1, -0.05) is 0 Å². The Kier molecular flexibility index (Phi) is 9.01. The van der Waals surface area contributed by atoms with E-state index in [4.69, 9.17) is 4.74 Å². The number of ether oxygens (including phenoxy) is 1. The first-order valence-corrected chi connectivity index (χ1v) is 11.9. The first-order chi connectivity index (χ1) is 12.9. The van der Waals surface area contributed by atoms with Crippen LogP contribution in [0.2, 0.25) is 0 Å². The fraction of sp³-hybridized carbons (Fsp3) is 0.722. The van der Waals surface area contributed by atoms with Crippen molar-refractivity contribution in [3.8, 4) is 0 Å². The number of thiophene rings is 1. The Labute approximate surface area is 167 Å². The Morgan fingerprint density at radius 2 is 2.11 bits per heavy atom. The number of hydrogen-bond donors (Lipinski definition) is 2. The topological polar surface area (TPSA) is 83.0 Å². The summed E-state index contributed by atoms with van der Waals surface area (Å²) in [7, 11) is -1.41. The Balaban J connectivity index is 1.81. The Bertz CT molecular complexity index is 697. The molecule has 2 rings (SSSR count). The monoisotopic (exact) mass is 416 g/mol. The molecule has 1 aliphatic heterocycles. The van der Waals surface area contributed by atoms with Crippen LogP contribution >= 0.6 is 11.3 Å². The maximum Gasteiger partial charge on any atom is 0.250 e. The van der Waals surface area contributed by atoms with Crippen molar-refractivity contribution in [2.24, 2.45) is 10.9 Å². The van der Waals surface area contributed by atoms with Gasteiger partial charge in [0.15, 0.2) is 5.96 Å². The number of hydrogen-bond acceptors (Lipinski definition) is 5. The molecular formula is C18H32N4O3S2. The molecule has 0 aromatic carbocycles. The summed E-state index contributed by atoms with van der Waals surface area (Å²) < 4.78 is 32.9. The lowest BCUT2D eigenvalue weighted by atomic mass is 9.96. The van der Waals surface area contributed by atoms with E-state index in [2.05, 4.69) is 19.9 Å². The molecule has 9 heteroatoms. The number of nitrogens with zero attached hydrogens (tertiary/aromatic N) is 2. The number of sulfonamides is 1. The van der Waals surface area contributed by atoms with Crippen LogP contribution in [0.1, 0.15) is 31.1 Å². The molecule has 0 spiro atoms. The minimum Gasteiger partial charge on any atom is -0.381 e. The van der Waals surface area contributed by atoms with Crippen molar-refractivity contribution in [1.29, 1.82) is 0 Å². The van der Waals surface area contributed by atoms with Crippen LogP contribution in [-0.4, -0.2) is 65.7 Å². The van der Waals surface area contributed by atoms with E-state index in [9.17, 15) is 8.42 Å². The highest BCUT2D eigenvalue weighted by Crippen LogP contribution is 2.20. The van der Waals surface area contributed by atoms with Gasteiger partial charge in [0, 0.05) is 44.8 Å². The molecule has 0 saturated carbocycles. The van der Waals surface area contributed by atoms with Gasteiger partial charge in [-0.25, -0.2) is 13.1 Å². The lowest BCUT2D eigenvalue weighted by Gasteiger charge is -2.26. The summed E-state index contributed by atoms with van der Waals surface area (Å²) in [5.41, 5.74) is 0. The van der Waals surface area contributed by atoms with Crippen molar-refractivity contribution in [2.75, 3.05) is 46.4 Å². The third kappa shape index (κ3) is 7.40. The van der Waals surface area contributed by atoms with E-state index >= 15 is 0 Å². The Hall–Kier alpha value is -1.16. The highest BCUT2D eigenvalue weighted by atomic mass is 32.2. The van der Waals surface area contributed by atoms with Crippen LogP contribution in [0, 0.1) is 12.8 Å². The van der Waals surface area contributed by atoms with Gasteiger partial charge in [-0.05, 0) is 51.2 Å². The van der Waals surface area contributed by atoms with Crippen molar-refractivity contribution in [3.63, 3.8) is 0 Å². The van der Waals surface area contributed by atoms with Crippen LogP contribution in [0.15, 0.2) is 21.3 Å². The van der Waals surface area contributed by atoms with Crippen LogP contribution in [0.25, 0.3) is 0 Å². The van der Waals surface area contributed by atoms with Gasteiger partial charge in [-0.3, -0.25) is 4.99 Å². The minimum absolute atomic E-state index is 0.280. The van der Waals surface area contributed by atoms with E-state index < -0.39 is 10.0 Å². The van der Waals surface area contributed by atoms with Crippen molar-refractivity contribution in [3.05, 3.63) is 17.0 Å². The third-order valence-electron chi connectivity index (χ3n) is 4.56. The molecule has 0 amide bonds. The average molecular weight is 417 g/mol. The fourth-order valence-corrected chi connectivity index (χ4v) is 5.31. The van der Waals surface area contributed by atoms with Gasteiger partial charge in [-0.2, -0.15) is 0 Å². The van der Waals surface area contributed by atoms with Gasteiger partial charge in [0.05, 0.1) is 6.54 Å². The maximum atomic E-state index is 12.2. The summed E-state index contributed by atoms with van der Waals surface area (Å²) >= 11 is 1.28.